The smallest absolute Gasteiger partial charge is 0.0554 e. The molecule has 1 aliphatic heterocycles. The van der Waals surface area contributed by atoms with Gasteiger partial charge in [-0.2, -0.15) is 0 Å². The zero-order valence-electron chi connectivity index (χ0n) is 10.1. The zero-order chi connectivity index (χ0) is 10.6. The lowest BCUT2D eigenvalue weighted by molar-refractivity contribution is -0.0992. The first kappa shape index (κ1) is 11.4. The molecule has 1 N–H and O–H groups in total. The number of nitrogens with one attached hydrogen (secondary N) is 1. The molecular weight excluding hydrogens is 186 g/mol. The average molecular weight is 211 g/mol. The Bertz CT molecular complexity index is 181. The summed E-state index contributed by atoms with van der Waals surface area (Å²) in [5.74, 6) is 0.942. The van der Waals surface area contributed by atoms with E-state index in [1.54, 1.807) is 0 Å². The van der Waals surface area contributed by atoms with Crippen molar-refractivity contribution in [2.24, 2.45) is 11.3 Å². The second-order valence-electron chi connectivity index (χ2n) is 5.79. The summed E-state index contributed by atoms with van der Waals surface area (Å²) in [6, 6.07) is 0. The van der Waals surface area contributed by atoms with Crippen LogP contribution >= 0.6 is 0 Å². The number of ether oxygens (including phenoxy) is 1. The van der Waals surface area contributed by atoms with Crippen LogP contribution in [0.2, 0.25) is 0 Å². The van der Waals surface area contributed by atoms with Gasteiger partial charge < -0.3 is 10.1 Å². The van der Waals surface area contributed by atoms with Crippen molar-refractivity contribution in [3.05, 3.63) is 0 Å². The molecule has 2 rings (SSSR count). The van der Waals surface area contributed by atoms with Gasteiger partial charge in [0.05, 0.1) is 13.2 Å². The molecule has 1 aliphatic carbocycles. The van der Waals surface area contributed by atoms with Gasteiger partial charge in [0.1, 0.15) is 0 Å². The molecule has 1 saturated carbocycles. The molecule has 2 aliphatic rings. The van der Waals surface area contributed by atoms with Crippen molar-refractivity contribution < 1.29 is 4.74 Å². The van der Waals surface area contributed by atoms with Gasteiger partial charge in [-0.3, -0.25) is 0 Å². The van der Waals surface area contributed by atoms with E-state index < -0.39 is 0 Å². The highest BCUT2D eigenvalue weighted by molar-refractivity contribution is 4.83. The zero-order valence-corrected chi connectivity index (χ0v) is 10.1. The van der Waals surface area contributed by atoms with Crippen molar-refractivity contribution in [1.29, 1.82) is 0 Å². The summed E-state index contributed by atoms with van der Waals surface area (Å²) in [6.07, 6.45) is 8.71. The van der Waals surface area contributed by atoms with E-state index in [2.05, 4.69) is 12.2 Å². The third-order valence-corrected chi connectivity index (χ3v) is 3.86. The quantitative estimate of drug-likeness (QED) is 0.722. The highest BCUT2D eigenvalue weighted by Gasteiger charge is 2.32. The lowest BCUT2D eigenvalue weighted by Crippen LogP contribution is -2.48. The van der Waals surface area contributed by atoms with Gasteiger partial charge in [0.2, 0.25) is 0 Å². The molecule has 0 aromatic heterocycles. The minimum atomic E-state index is 0.435. The van der Waals surface area contributed by atoms with E-state index in [0.29, 0.717) is 5.41 Å². The van der Waals surface area contributed by atoms with E-state index in [1.807, 2.05) is 0 Å². The van der Waals surface area contributed by atoms with Gasteiger partial charge in [-0.1, -0.05) is 32.6 Å². The fourth-order valence-electron chi connectivity index (χ4n) is 2.70. The molecule has 15 heavy (non-hydrogen) atoms. The van der Waals surface area contributed by atoms with Crippen LogP contribution in [0.5, 0.6) is 0 Å². The van der Waals surface area contributed by atoms with Crippen LogP contribution in [-0.2, 0) is 4.74 Å². The highest BCUT2D eigenvalue weighted by Crippen LogP contribution is 2.26. The normalized spacial score (nSPS) is 27.0. The number of rotatable bonds is 4. The summed E-state index contributed by atoms with van der Waals surface area (Å²) < 4.78 is 5.26. The predicted octanol–water partition coefficient (Wildman–Crippen LogP) is 2.58. The molecule has 1 heterocycles. The Balaban J connectivity index is 1.59. The standard InChI is InChI=1S/C13H25NO/c1-13(10-15-11-13)9-14-8-12-6-4-2-3-5-7-12/h12,14H,2-11H2,1H3. The van der Waals surface area contributed by atoms with Gasteiger partial charge in [-0.25, -0.2) is 0 Å². The van der Waals surface area contributed by atoms with Gasteiger partial charge in [0.25, 0.3) is 0 Å². The van der Waals surface area contributed by atoms with Crippen molar-refractivity contribution in [3.8, 4) is 0 Å². The largest absolute Gasteiger partial charge is 0.380 e. The minimum absolute atomic E-state index is 0.435. The van der Waals surface area contributed by atoms with Gasteiger partial charge in [-0.15, -0.1) is 0 Å². The lowest BCUT2D eigenvalue weighted by atomic mass is 9.88. The van der Waals surface area contributed by atoms with Crippen LogP contribution in [0.25, 0.3) is 0 Å². The summed E-state index contributed by atoms with van der Waals surface area (Å²) in [5, 5.41) is 3.65. The second kappa shape index (κ2) is 5.31. The van der Waals surface area contributed by atoms with Crippen molar-refractivity contribution in [2.75, 3.05) is 26.3 Å². The summed E-state index contributed by atoms with van der Waals surface area (Å²) in [4.78, 5) is 0. The molecule has 0 spiro atoms. The summed E-state index contributed by atoms with van der Waals surface area (Å²) in [7, 11) is 0. The number of hydrogen-bond acceptors (Lipinski definition) is 2. The van der Waals surface area contributed by atoms with E-state index in [4.69, 9.17) is 4.74 Å². The van der Waals surface area contributed by atoms with E-state index in [1.165, 1.54) is 45.1 Å². The molecule has 0 unspecified atom stereocenters. The second-order valence-corrected chi connectivity index (χ2v) is 5.79. The van der Waals surface area contributed by atoms with Gasteiger partial charge in [0.15, 0.2) is 0 Å². The van der Waals surface area contributed by atoms with Crippen LogP contribution in [0.1, 0.15) is 45.4 Å². The Morgan fingerprint density at radius 1 is 1.13 bits per heavy atom. The summed E-state index contributed by atoms with van der Waals surface area (Å²) in [6.45, 7) is 6.59. The van der Waals surface area contributed by atoms with Crippen LogP contribution in [0, 0.1) is 11.3 Å². The minimum Gasteiger partial charge on any atom is -0.380 e. The molecule has 0 bridgehead atoms. The maximum absolute atomic E-state index is 5.26. The molecule has 0 aromatic rings. The fraction of sp³-hybridized carbons (Fsp3) is 1.00. The molecule has 2 heteroatoms. The van der Waals surface area contributed by atoms with Crippen LogP contribution in [0.4, 0.5) is 0 Å². The van der Waals surface area contributed by atoms with E-state index >= 15 is 0 Å². The van der Waals surface area contributed by atoms with Crippen molar-refractivity contribution in [1.82, 2.24) is 5.32 Å². The van der Waals surface area contributed by atoms with Gasteiger partial charge in [-0.05, 0) is 25.3 Å². The Kier molecular flexibility index (Phi) is 4.04. The number of hydrogen-bond donors (Lipinski definition) is 1. The van der Waals surface area contributed by atoms with Crippen LogP contribution in [-0.4, -0.2) is 26.3 Å². The maximum atomic E-state index is 5.26. The highest BCUT2D eigenvalue weighted by atomic mass is 16.5. The molecule has 88 valence electrons. The van der Waals surface area contributed by atoms with Gasteiger partial charge >= 0.3 is 0 Å². The maximum Gasteiger partial charge on any atom is 0.0554 e. The molecule has 2 fully saturated rings. The first-order valence-corrected chi connectivity index (χ1v) is 6.57. The Morgan fingerprint density at radius 2 is 1.80 bits per heavy atom. The van der Waals surface area contributed by atoms with Crippen molar-refractivity contribution >= 4 is 0 Å². The molecular formula is C13H25NO. The fourth-order valence-corrected chi connectivity index (χ4v) is 2.70. The Morgan fingerprint density at radius 3 is 2.33 bits per heavy atom. The van der Waals surface area contributed by atoms with E-state index in [9.17, 15) is 0 Å². The first-order chi connectivity index (χ1) is 7.29. The topological polar surface area (TPSA) is 21.3 Å². The van der Waals surface area contributed by atoms with E-state index in [-0.39, 0.29) is 0 Å². The monoisotopic (exact) mass is 211 g/mol. The SMILES string of the molecule is CC1(CNCC2CCCCCC2)COC1. The van der Waals surface area contributed by atoms with Crippen LogP contribution in [0.15, 0.2) is 0 Å². The van der Waals surface area contributed by atoms with Crippen LogP contribution < -0.4 is 5.32 Å². The predicted molar refractivity (Wildman–Crippen MR) is 63.0 cm³/mol. The third-order valence-electron chi connectivity index (χ3n) is 3.86. The average Bonchev–Trinajstić information content (AvgIpc) is 2.44. The summed E-state index contributed by atoms with van der Waals surface area (Å²) in [5.41, 5.74) is 0.435. The first-order valence-electron chi connectivity index (χ1n) is 6.57. The lowest BCUT2D eigenvalue weighted by Gasteiger charge is -2.38. The van der Waals surface area contributed by atoms with Gasteiger partial charge in [0, 0.05) is 12.0 Å². The third kappa shape index (κ3) is 3.46. The summed E-state index contributed by atoms with van der Waals surface area (Å²) >= 11 is 0. The molecule has 2 nitrogen and oxygen atoms in total. The van der Waals surface area contributed by atoms with Crippen molar-refractivity contribution in [2.45, 2.75) is 45.4 Å². The van der Waals surface area contributed by atoms with E-state index in [0.717, 1.165) is 25.7 Å². The Labute approximate surface area is 93.8 Å². The molecule has 0 aromatic carbocycles. The molecule has 1 saturated heterocycles. The van der Waals surface area contributed by atoms with Crippen LogP contribution in [0.3, 0.4) is 0 Å². The molecule has 0 amide bonds. The molecule has 0 radical (unpaired) electrons. The van der Waals surface area contributed by atoms with Crippen molar-refractivity contribution in [3.63, 3.8) is 0 Å². The Hall–Kier alpha value is -0.0800. The molecule has 0 atom stereocenters.